The predicted molar refractivity (Wildman–Crippen MR) is 86.9 cm³/mol. The van der Waals surface area contributed by atoms with Gasteiger partial charge in [-0.05, 0) is 44.5 Å². The molecule has 1 aliphatic heterocycles. The Labute approximate surface area is 122 Å². The summed E-state index contributed by atoms with van der Waals surface area (Å²) in [6, 6.07) is 8.91. The first kappa shape index (κ1) is 11.5. The van der Waals surface area contributed by atoms with E-state index in [9.17, 15) is 0 Å². The van der Waals surface area contributed by atoms with E-state index in [0.29, 0.717) is 6.73 Å². The summed E-state index contributed by atoms with van der Waals surface area (Å²) in [5.74, 6) is 0. The van der Waals surface area contributed by atoms with Crippen molar-refractivity contribution >= 4 is 35.1 Å². The molecule has 2 nitrogen and oxygen atoms in total. The second kappa shape index (κ2) is 3.94. The van der Waals surface area contributed by atoms with Crippen molar-refractivity contribution in [1.82, 2.24) is 5.32 Å². The van der Waals surface area contributed by atoms with Crippen molar-refractivity contribution in [2.45, 2.75) is 5.60 Å². The minimum atomic E-state index is -0.259. The van der Waals surface area contributed by atoms with Crippen LogP contribution < -0.4 is 15.8 Å². The Morgan fingerprint density at radius 1 is 0.952 bits per heavy atom. The lowest BCUT2D eigenvalue weighted by molar-refractivity contribution is 0.101. The van der Waals surface area contributed by atoms with Crippen LogP contribution in [0.1, 0.15) is 11.1 Å². The number of hydrogen-bond donors (Lipinski definition) is 1. The summed E-state index contributed by atoms with van der Waals surface area (Å²) < 4.78 is 5.85. The van der Waals surface area contributed by atoms with Crippen LogP contribution >= 0.6 is 0 Å². The van der Waals surface area contributed by atoms with Gasteiger partial charge in [-0.2, -0.15) is 0 Å². The monoisotopic (exact) mass is 273 g/mol. The molecule has 1 saturated heterocycles. The summed E-state index contributed by atoms with van der Waals surface area (Å²) in [7, 11) is 0. The van der Waals surface area contributed by atoms with Gasteiger partial charge in [-0.3, -0.25) is 5.32 Å². The highest BCUT2D eigenvalue weighted by Crippen LogP contribution is 2.27. The predicted octanol–water partition coefficient (Wildman–Crippen LogP) is 1.77. The van der Waals surface area contributed by atoms with E-state index in [1.165, 1.54) is 32.3 Å². The molecule has 102 valence electrons. The summed E-state index contributed by atoms with van der Waals surface area (Å²) in [6.07, 6.45) is 13.1. The SMILES string of the molecule is C1=Cc2c(ccc3c4c(ccc23)=CC2(C=C4)CNCO2)=C1. The average Bonchev–Trinajstić information content (AvgIpc) is 3.16. The van der Waals surface area contributed by atoms with Gasteiger partial charge in [0.1, 0.15) is 5.60 Å². The molecular weight excluding hydrogens is 258 g/mol. The molecule has 2 aromatic carbocycles. The molecular formula is C19H15NO. The molecule has 1 fully saturated rings. The van der Waals surface area contributed by atoms with Gasteiger partial charge in [0.15, 0.2) is 0 Å². The van der Waals surface area contributed by atoms with Crippen molar-refractivity contribution in [1.29, 1.82) is 0 Å². The highest BCUT2D eigenvalue weighted by molar-refractivity contribution is 5.98. The normalized spacial score (nSPS) is 25.0. The van der Waals surface area contributed by atoms with Crippen LogP contribution in [0.2, 0.25) is 0 Å². The van der Waals surface area contributed by atoms with Gasteiger partial charge in [-0.25, -0.2) is 0 Å². The number of fused-ring (bicyclic) bond motifs is 5. The van der Waals surface area contributed by atoms with E-state index in [2.05, 4.69) is 66.0 Å². The fourth-order valence-electron chi connectivity index (χ4n) is 3.60. The number of nitrogens with one attached hydrogen (secondary N) is 1. The molecule has 0 aromatic heterocycles. The van der Waals surface area contributed by atoms with Crippen LogP contribution in [-0.4, -0.2) is 18.9 Å². The van der Waals surface area contributed by atoms with Crippen molar-refractivity contribution in [3.8, 4) is 0 Å². The largest absolute Gasteiger partial charge is 0.350 e. The molecule has 0 radical (unpaired) electrons. The highest BCUT2D eigenvalue weighted by atomic mass is 16.5. The van der Waals surface area contributed by atoms with Crippen molar-refractivity contribution in [2.24, 2.45) is 0 Å². The zero-order valence-electron chi connectivity index (χ0n) is 11.6. The van der Waals surface area contributed by atoms with Gasteiger partial charge < -0.3 is 4.74 Å². The van der Waals surface area contributed by atoms with Crippen LogP contribution in [-0.2, 0) is 4.74 Å². The van der Waals surface area contributed by atoms with Gasteiger partial charge >= 0.3 is 0 Å². The molecule has 1 spiro atoms. The minimum Gasteiger partial charge on any atom is -0.350 e. The smallest absolute Gasteiger partial charge is 0.120 e. The van der Waals surface area contributed by atoms with Crippen LogP contribution in [0, 0.1) is 0 Å². The van der Waals surface area contributed by atoms with E-state index in [1.807, 2.05) is 0 Å². The quantitative estimate of drug-likeness (QED) is 0.790. The molecule has 0 amide bonds. The minimum absolute atomic E-state index is 0.259. The van der Waals surface area contributed by atoms with Gasteiger partial charge in [0, 0.05) is 6.54 Å². The molecule has 1 N–H and O–H groups in total. The van der Waals surface area contributed by atoms with E-state index >= 15 is 0 Å². The van der Waals surface area contributed by atoms with Crippen molar-refractivity contribution in [2.75, 3.05) is 13.3 Å². The third kappa shape index (κ3) is 1.54. The number of benzene rings is 2. The molecule has 2 heteroatoms. The molecule has 2 aliphatic carbocycles. The summed E-state index contributed by atoms with van der Waals surface area (Å²) >= 11 is 0. The first-order chi connectivity index (χ1) is 10.3. The highest BCUT2D eigenvalue weighted by Gasteiger charge is 2.31. The van der Waals surface area contributed by atoms with Crippen molar-refractivity contribution in [3.63, 3.8) is 0 Å². The molecule has 1 unspecified atom stereocenters. The van der Waals surface area contributed by atoms with E-state index in [0.717, 1.165) is 6.54 Å². The van der Waals surface area contributed by atoms with Gasteiger partial charge in [0.25, 0.3) is 0 Å². The summed E-state index contributed by atoms with van der Waals surface area (Å²) in [4.78, 5) is 0. The second-order valence-electron chi connectivity index (χ2n) is 5.91. The Hall–Kier alpha value is -2.16. The lowest BCUT2D eigenvalue weighted by Gasteiger charge is -2.23. The van der Waals surface area contributed by atoms with Gasteiger partial charge in [0.05, 0.1) is 6.73 Å². The van der Waals surface area contributed by atoms with Crippen LogP contribution in [0.25, 0.3) is 35.1 Å². The standard InChI is InChI=1S/C19H15NO/c1-2-13-4-6-18-16-8-9-19(11-20-12-21-19)10-14(16)5-7-17(18)15(13)3-1/h1-10,20H,11-12H2. The molecule has 0 saturated carbocycles. The Balaban J connectivity index is 1.84. The van der Waals surface area contributed by atoms with E-state index in [1.54, 1.807) is 0 Å². The third-order valence-electron chi connectivity index (χ3n) is 4.67. The maximum Gasteiger partial charge on any atom is 0.120 e. The molecule has 2 aromatic rings. The van der Waals surface area contributed by atoms with E-state index in [-0.39, 0.29) is 5.60 Å². The Bertz CT molecular complexity index is 944. The number of ether oxygens (including phenoxy) is 1. The van der Waals surface area contributed by atoms with E-state index < -0.39 is 0 Å². The molecule has 0 bridgehead atoms. The Morgan fingerprint density at radius 2 is 1.76 bits per heavy atom. The van der Waals surface area contributed by atoms with Crippen LogP contribution in [0.4, 0.5) is 0 Å². The average molecular weight is 273 g/mol. The van der Waals surface area contributed by atoms with E-state index in [4.69, 9.17) is 4.74 Å². The Morgan fingerprint density at radius 3 is 2.57 bits per heavy atom. The van der Waals surface area contributed by atoms with Crippen LogP contribution in [0.3, 0.4) is 0 Å². The molecule has 21 heavy (non-hydrogen) atoms. The van der Waals surface area contributed by atoms with Gasteiger partial charge in [0.2, 0.25) is 0 Å². The zero-order chi connectivity index (χ0) is 13.9. The van der Waals surface area contributed by atoms with Crippen LogP contribution in [0.15, 0.2) is 36.4 Å². The first-order valence-corrected chi connectivity index (χ1v) is 7.36. The second-order valence-corrected chi connectivity index (χ2v) is 5.91. The third-order valence-corrected chi connectivity index (χ3v) is 4.67. The van der Waals surface area contributed by atoms with Gasteiger partial charge in [-0.1, -0.05) is 48.6 Å². The fourth-order valence-corrected chi connectivity index (χ4v) is 3.60. The van der Waals surface area contributed by atoms with Gasteiger partial charge in [-0.15, -0.1) is 0 Å². The van der Waals surface area contributed by atoms with Crippen molar-refractivity contribution < 1.29 is 4.74 Å². The summed E-state index contributed by atoms with van der Waals surface area (Å²) in [6.45, 7) is 1.47. The zero-order valence-corrected chi connectivity index (χ0v) is 11.6. The Kier molecular flexibility index (Phi) is 2.16. The summed E-state index contributed by atoms with van der Waals surface area (Å²) in [5, 5.41) is 8.49. The summed E-state index contributed by atoms with van der Waals surface area (Å²) in [5.41, 5.74) is 2.38. The number of allylic oxidation sites excluding steroid dienone is 1. The lowest BCUT2D eigenvalue weighted by Crippen LogP contribution is -2.33. The first-order valence-electron chi connectivity index (χ1n) is 7.36. The lowest BCUT2D eigenvalue weighted by atomic mass is 9.90. The molecule has 1 heterocycles. The molecule has 1 atom stereocenters. The molecule has 3 aliphatic rings. The maximum absolute atomic E-state index is 5.85. The number of hydrogen-bond acceptors (Lipinski definition) is 2. The van der Waals surface area contributed by atoms with Crippen molar-refractivity contribution in [3.05, 3.63) is 58.0 Å². The number of rotatable bonds is 0. The topological polar surface area (TPSA) is 21.3 Å². The maximum atomic E-state index is 5.85. The van der Waals surface area contributed by atoms with Crippen LogP contribution in [0.5, 0.6) is 0 Å². The molecule has 5 rings (SSSR count). The fraction of sp³-hybridized carbons (Fsp3) is 0.158.